The summed E-state index contributed by atoms with van der Waals surface area (Å²) in [6.07, 6.45) is 1.83. The van der Waals surface area contributed by atoms with Crippen molar-refractivity contribution in [3.63, 3.8) is 0 Å². The Morgan fingerprint density at radius 1 is 1.33 bits per heavy atom. The van der Waals surface area contributed by atoms with E-state index in [1.165, 1.54) is 0 Å². The van der Waals surface area contributed by atoms with E-state index in [-0.39, 0.29) is 5.66 Å². The first-order valence-corrected chi connectivity index (χ1v) is 6.72. The first-order valence-electron chi connectivity index (χ1n) is 3.05. The van der Waals surface area contributed by atoms with E-state index in [1.807, 2.05) is 13.8 Å². The molecule has 0 aromatic rings. The van der Waals surface area contributed by atoms with E-state index >= 15 is 0 Å². The van der Waals surface area contributed by atoms with E-state index in [1.54, 1.807) is 0 Å². The number of nitrogens with one attached hydrogen (secondary N) is 1. The van der Waals surface area contributed by atoms with Crippen molar-refractivity contribution in [2.45, 2.75) is 32.3 Å². The Balaban J connectivity index is 3.96. The standard InChI is InChI=1S/C5H12Cl2NP/c1-3-5(4-2)9(6,7)8/h5,8H,3-4H2,1-2H3. The number of hydrogen-bond donors (Lipinski definition) is 1. The van der Waals surface area contributed by atoms with Crippen molar-refractivity contribution in [3.05, 3.63) is 0 Å². The lowest BCUT2D eigenvalue weighted by atomic mass is 10.3. The second-order valence-electron chi connectivity index (χ2n) is 2.03. The van der Waals surface area contributed by atoms with Crippen LogP contribution in [0.15, 0.2) is 0 Å². The molecule has 0 rings (SSSR count). The fourth-order valence-electron chi connectivity index (χ4n) is 0.747. The largest absolute Gasteiger partial charge is 0.289 e. The summed E-state index contributed by atoms with van der Waals surface area (Å²) in [5.41, 5.74) is 0.209. The molecule has 0 radical (unpaired) electrons. The third-order valence-corrected chi connectivity index (χ3v) is 4.70. The third-order valence-electron chi connectivity index (χ3n) is 1.40. The van der Waals surface area contributed by atoms with Gasteiger partial charge < -0.3 is 0 Å². The summed E-state index contributed by atoms with van der Waals surface area (Å²) in [7, 11) is 0. The van der Waals surface area contributed by atoms with E-state index in [9.17, 15) is 0 Å². The molecule has 0 fully saturated rings. The maximum absolute atomic E-state index is 7.33. The van der Waals surface area contributed by atoms with Crippen LogP contribution >= 0.6 is 28.2 Å². The highest BCUT2D eigenvalue weighted by Crippen LogP contribution is 2.63. The quantitative estimate of drug-likeness (QED) is 0.639. The van der Waals surface area contributed by atoms with Crippen LogP contribution in [0.1, 0.15) is 26.7 Å². The molecule has 9 heavy (non-hydrogen) atoms. The molecule has 0 aliphatic rings. The summed E-state index contributed by atoms with van der Waals surface area (Å²) in [5.74, 6) is -2.33. The smallest absolute Gasteiger partial charge is 0.137 e. The molecule has 0 spiro atoms. The molecule has 0 saturated heterocycles. The Kier molecular flexibility index (Phi) is 4.20. The van der Waals surface area contributed by atoms with Crippen molar-refractivity contribution >= 4 is 28.2 Å². The van der Waals surface area contributed by atoms with E-state index in [2.05, 4.69) is 0 Å². The highest BCUT2D eigenvalue weighted by Gasteiger charge is 2.19. The topological polar surface area (TPSA) is 23.9 Å². The van der Waals surface area contributed by atoms with Crippen molar-refractivity contribution in [3.8, 4) is 0 Å². The van der Waals surface area contributed by atoms with Gasteiger partial charge >= 0.3 is 0 Å². The van der Waals surface area contributed by atoms with Gasteiger partial charge in [0.1, 0.15) is 5.76 Å². The van der Waals surface area contributed by atoms with Gasteiger partial charge in [0.15, 0.2) is 0 Å². The van der Waals surface area contributed by atoms with Gasteiger partial charge in [-0.05, 0) is 12.8 Å². The van der Waals surface area contributed by atoms with Gasteiger partial charge in [0, 0.05) is 5.66 Å². The zero-order valence-corrected chi connectivity index (χ0v) is 8.10. The lowest BCUT2D eigenvalue weighted by Gasteiger charge is -2.15. The van der Waals surface area contributed by atoms with Gasteiger partial charge in [0.2, 0.25) is 0 Å². The summed E-state index contributed by atoms with van der Waals surface area (Å²) < 4.78 is 0. The zero-order chi connectivity index (χ0) is 7.49. The van der Waals surface area contributed by atoms with Gasteiger partial charge in [0.25, 0.3) is 0 Å². The van der Waals surface area contributed by atoms with E-state index in [0.717, 1.165) is 12.8 Å². The van der Waals surface area contributed by atoms with E-state index in [4.69, 9.17) is 27.6 Å². The normalized spacial score (nSPS) is 12.6. The van der Waals surface area contributed by atoms with Crippen LogP contribution in [0.25, 0.3) is 0 Å². The molecule has 0 aromatic carbocycles. The van der Waals surface area contributed by atoms with Crippen molar-refractivity contribution in [1.29, 1.82) is 5.16 Å². The summed E-state index contributed by atoms with van der Waals surface area (Å²) in [6.45, 7) is 4.03. The molecule has 1 N–H and O–H groups in total. The highest BCUT2D eigenvalue weighted by molar-refractivity contribution is 8.09. The molecule has 0 bridgehead atoms. The van der Waals surface area contributed by atoms with Gasteiger partial charge in [0.05, 0.1) is 0 Å². The van der Waals surface area contributed by atoms with E-state index < -0.39 is 5.76 Å². The maximum Gasteiger partial charge on any atom is 0.137 e. The van der Waals surface area contributed by atoms with Crippen molar-refractivity contribution in [2.24, 2.45) is 0 Å². The summed E-state index contributed by atoms with van der Waals surface area (Å²) in [4.78, 5) is 0. The van der Waals surface area contributed by atoms with Crippen LogP contribution in [0.5, 0.6) is 0 Å². The first kappa shape index (κ1) is 9.81. The maximum atomic E-state index is 7.33. The minimum absolute atomic E-state index is 0.209. The van der Waals surface area contributed by atoms with Crippen molar-refractivity contribution < 1.29 is 0 Å². The molecule has 0 unspecified atom stereocenters. The molecule has 0 aliphatic carbocycles. The Labute approximate surface area is 66.2 Å². The summed E-state index contributed by atoms with van der Waals surface area (Å²) in [6, 6.07) is 0. The summed E-state index contributed by atoms with van der Waals surface area (Å²) >= 11 is 11.3. The lowest BCUT2D eigenvalue weighted by Crippen LogP contribution is -1.97. The minimum Gasteiger partial charge on any atom is -0.289 e. The number of hydrogen-bond acceptors (Lipinski definition) is 1. The lowest BCUT2D eigenvalue weighted by molar-refractivity contribution is 0.784. The molecule has 0 atom stereocenters. The highest BCUT2D eigenvalue weighted by atomic mass is 35.9. The predicted molar refractivity (Wildman–Crippen MR) is 45.7 cm³/mol. The van der Waals surface area contributed by atoms with Crippen LogP contribution in [-0.4, -0.2) is 5.66 Å². The van der Waals surface area contributed by atoms with Crippen molar-refractivity contribution in [2.75, 3.05) is 0 Å². The molecule has 4 heteroatoms. The fraction of sp³-hybridized carbons (Fsp3) is 1.00. The molecule has 1 nitrogen and oxygen atoms in total. The van der Waals surface area contributed by atoms with Crippen LogP contribution in [-0.2, 0) is 0 Å². The van der Waals surface area contributed by atoms with Crippen LogP contribution in [0, 0.1) is 5.16 Å². The SMILES string of the molecule is CCC(CC)P(=N)(Cl)Cl. The number of halogens is 2. The second kappa shape index (κ2) is 3.85. The molecular formula is C5H12Cl2NP. The fourth-order valence-corrected chi connectivity index (χ4v) is 3.32. The average Bonchev–Trinajstić information content (AvgIpc) is 1.65. The molecule has 0 heterocycles. The van der Waals surface area contributed by atoms with Gasteiger partial charge in [-0.25, -0.2) is 0 Å². The first-order chi connectivity index (χ1) is 4.02. The van der Waals surface area contributed by atoms with E-state index in [0.29, 0.717) is 0 Å². The Morgan fingerprint density at radius 3 is 1.67 bits per heavy atom. The molecular weight excluding hydrogens is 176 g/mol. The monoisotopic (exact) mass is 187 g/mol. The molecule has 0 amide bonds. The molecule has 0 aromatic heterocycles. The van der Waals surface area contributed by atoms with Crippen LogP contribution in [0.2, 0.25) is 0 Å². The van der Waals surface area contributed by atoms with Crippen LogP contribution in [0.4, 0.5) is 0 Å². The zero-order valence-electron chi connectivity index (χ0n) is 5.69. The second-order valence-corrected chi connectivity index (χ2v) is 7.59. The van der Waals surface area contributed by atoms with Gasteiger partial charge in [-0.3, -0.25) is 5.16 Å². The summed E-state index contributed by atoms with van der Waals surface area (Å²) in [5, 5.41) is 7.33. The van der Waals surface area contributed by atoms with Crippen molar-refractivity contribution in [1.82, 2.24) is 0 Å². The Morgan fingerprint density at radius 2 is 1.67 bits per heavy atom. The Bertz CT molecular complexity index is 116. The average molecular weight is 188 g/mol. The predicted octanol–water partition coefficient (Wildman–Crippen LogP) is 4.26. The van der Waals surface area contributed by atoms with Gasteiger partial charge in [-0.1, -0.05) is 36.3 Å². The Hall–Kier alpha value is 0.810. The van der Waals surface area contributed by atoms with Gasteiger partial charge in [-0.15, -0.1) is 0 Å². The van der Waals surface area contributed by atoms with Crippen LogP contribution < -0.4 is 0 Å². The molecule has 0 aliphatic heterocycles. The minimum atomic E-state index is -2.33. The van der Waals surface area contributed by atoms with Crippen LogP contribution in [0.3, 0.4) is 0 Å². The third kappa shape index (κ3) is 3.50. The number of rotatable bonds is 3. The molecule has 0 saturated carbocycles. The molecule has 56 valence electrons. The van der Waals surface area contributed by atoms with Gasteiger partial charge in [-0.2, -0.15) is 0 Å².